The molecule has 10 heteroatoms. The third-order valence-corrected chi connectivity index (χ3v) is 4.91. The number of carbonyl (C=O) groups is 5. The highest BCUT2D eigenvalue weighted by Gasteiger charge is 2.17. The molecule has 2 aromatic rings. The smallest absolute Gasteiger partial charge is 0.339 e. The van der Waals surface area contributed by atoms with Crippen LogP contribution in [0, 0.1) is 0 Å². The van der Waals surface area contributed by atoms with Gasteiger partial charge in [-0.2, -0.15) is 0 Å². The van der Waals surface area contributed by atoms with Gasteiger partial charge in [-0.15, -0.1) is 0 Å². The molecule has 0 aromatic heterocycles. The number of carbonyl (C=O) groups excluding carboxylic acids is 5. The van der Waals surface area contributed by atoms with Gasteiger partial charge in [0, 0.05) is 52.1 Å². The molecule has 0 aliphatic rings. The van der Waals surface area contributed by atoms with Crippen LogP contribution in [-0.4, -0.2) is 29.8 Å². The van der Waals surface area contributed by atoms with Crippen LogP contribution >= 0.6 is 0 Å². The van der Waals surface area contributed by atoms with Crippen LogP contribution in [0.3, 0.4) is 0 Å². The molecule has 42 heavy (non-hydrogen) atoms. The van der Waals surface area contributed by atoms with Crippen LogP contribution in [0.2, 0.25) is 0 Å². The molecule has 0 heterocycles. The largest absolute Gasteiger partial charge is 0.423 e. The zero-order valence-electron chi connectivity index (χ0n) is 24.0. The summed E-state index contributed by atoms with van der Waals surface area (Å²) in [5.41, 5.74) is 0.894. The number of esters is 5. The summed E-state index contributed by atoms with van der Waals surface area (Å²) in [4.78, 5) is 61.1. The number of hydrogen-bond acceptors (Lipinski definition) is 10. The van der Waals surface area contributed by atoms with Crippen molar-refractivity contribution in [3.8, 4) is 28.7 Å². The van der Waals surface area contributed by atoms with Crippen molar-refractivity contribution >= 4 is 35.9 Å². The van der Waals surface area contributed by atoms with Gasteiger partial charge in [0.2, 0.25) is 0 Å². The Labute approximate surface area is 243 Å². The zero-order valence-corrected chi connectivity index (χ0v) is 24.0. The third-order valence-electron chi connectivity index (χ3n) is 4.91. The van der Waals surface area contributed by atoms with E-state index in [2.05, 4.69) is 26.3 Å². The summed E-state index contributed by atoms with van der Waals surface area (Å²) in [5, 5.41) is 0. The van der Waals surface area contributed by atoms with Crippen molar-refractivity contribution in [2.24, 2.45) is 0 Å². The molecule has 2 aromatic carbocycles. The van der Waals surface area contributed by atoms with E-state index in [9.17, 15) is 24.0 Å². The first-order valence-electron chi connectivity index (χ1n) is 12.3. The molecule has 0 N–H and O–H groups in total. The summed E-state index contributed by atoms with van der Waals surface area (Å²) >= 11 is 0. The van der Waals surface area contributed by atoms with Gasteiger partial charge in [-0.1, -0.05) is 26.3 Å². The second-order valence-electron chi connectivity index (χ2n) is 9.27. The van der Waals surface area contributed by atoms with E-state index in [-0.39, 0.29) is 56.6 Å². The first-order chi connectivity index (χ1) is 19.5. The number of benzene rings is 2. The van der Waals surface area contributed by atoms with Crippen LogP contribution in [0.5, 0.6) is 28.7 Å². The van der Waals surface area contributed by atoms with Crippen molar-refractivity contribution < 1.29 is 47.7 Å². The Morgan fingerprint density at radius 3 is 0.952 bits per heavy atom. The van der Waals surface area contributed by atoms with Gasteiger partial charge in [-0.25, -0.2) is 24.0 Å². The second kappa shape index (κ2) is 14.2. The fraction of sp³-hybridized carbons (Fsp3) is 0.156. The predicted molar refractivity (Wildman–Crippen MR) is 154 cm³/mol. The maximum atomic E-state index is 13.0. The van der Waals surface area contributed by atoms with Crippen LogP contribution in [0.25, 0.3) is 6.08 Å². The molecule has 0 spiro atoms. The van der Waals surface area contributed by atoms with Crippen molar-refractivity contribution in [2.45, 2.75) is 34.6 Å². The standard InChI is InChI=1S/C32H30O10/c1-17(2)28(33)38-23-11-22(12-24(13-23)39-29(34)18(3)4)10-21(9)32(37)42-27-15-25(40-30(35)19(5)6)14-26(16-27)41-31(36)20(7)8/h10-16H,1,3,5,7H2,2,4,6,8-9H3/b21-10+. The van der Waals surface area contributed by atoms with E-state index in [1.165, 1.54) is 77.1 Å². The summed E-state index contributed by atoms with van der Waals surface area (Å²) in [6, 6.07) is 7.94. The van der Waals surface area contributed by atoms with E-state index in [0.717, 1.165) is 0 Å². The molecular weight excluding hydrogens is 544 g/mol. The maximum absolute atomic E-state index is 13.0. The van der Waals surface area contributed by atoms with Gasteiger partial charge in [0.05, 0.1) is 0 Å². The molecule has 218 valence electrons. The molecular formula is C32H30O10. The van der Waals surface area contributed by atoms with Gasteiger partial charge in [0.25, 0.3) is 0 Å². The zero-order chi connectivity index (χ0) is 31.7. The van der Waals surface area contributed by atoms with E-state index in [0.29, 0.717) is 5.56 Å². The molecule has 0 unspecified atom stereocenters. The number of rotatable bonds is 11. The molecule has 2 rings (SSSR count). The Hall–Kier alpha value is -5.51. The van der Waals surface area contributed by atoms with Crippen molar-refractivity contribution in [2.75, 3.05) is 0 Å². The van der Waals surface area contributed by atoms with Crippen LogP contribution in [0.15, 0.2) is 90.6 Å². The van der Waals surface area contributed by atoms with Crippen LogP contribution in [0.1, 0.15) is 40.2 Å². The second-order valence-corrected chi connectivity index (χ2v) is 9.27. The minimum atomic E-state index is -0.833. The highest BCUT2D eigenvalue weighted by Crippen LogP contribution is 2.30. The lowest BCUT2D eigenvalue weighted by Crippen LogP contribution is -2.12. The monoisotopic (exact) mass is 574 g/mol. The lowest BCUT2D eigenvalue weighted by Gasteiger charge is -2.12. The van der Waals surface area contributed by atoms with Gasteiger partial charge in [-0.3, -0.25) is 0 Å². The maximum Gasteiger partial charge on any atom is 0.339 e. The van der Waals surface area contributed by atoms with Gasteiger partial charge in [0.15, 0.2) is 0 Å². The Bertz CT molecular complexity index is 1460. The lowest BCUT2D eigenvalue weighted by atomic mass is 10.1. The predicted octanol–water partition coefficient (Wildman–Crippen LogP) is 5.62. The SMILES string of the molecule is C=C(C)C(=O)Oc1cc(/C=C(\C)C(=O)Oc2cc(OC(=O)C(=C)C)cc(OC(=O)C(=C)C)c2)cc(OC(=O)C(=C)C)c1. The summed E-state index contributed by atoms with van der Waals surface area (Å²) < 4.78 is 26.4. The van der Waals surface area contributed by atoms with Crippen LogP contribution in [-0.2, 0) is 24.0 Å². The third kappa shape index (κ3) is 9.91. The molecule has 0 fully saturated rings. The van der Waals surface area contributed by atoms with Gasteiger partial charge < -0.3 is 23.7 Å². The average molecular weight is 575 g/mol. The van der Waals surface area contributed by atoms with Crippen LogP contribution in [0.4, 0.5) is 0 Å². The molecule has 0 atom stereocenters. The summed E-state index contributed by atoms with van der Waals surface area (Å²) in [6.45, 7) is 21.4. The van der Waals surface area contributed by atoms with Gasteiger partial charge >= 0.3 is 29.8 Å². The molecule has 10 nitrogen and oxygen atoms in total. The first kappa shape index (κ1) is 32.7. The molecule has 0 amide bonds. The molecule has 0 saturated carbocycles. The Balaban J connectivity index is 2.43. The molecule has 0 bridgehead atoms. The van der Waals surface area contributed by atoms with E-state index in [1.807, 2.05) is 0 Å². The minimum Gasteiger partial charge on any atom is -0.423 e. The average Bonchev–Trinajstić information content (AvgIpc) is 2.87. The van der Waals surface area contributed by atoms with Gasteiger partial charge in [0.1, 0.15) is 28.7 Å². The molecule has 0 radical (unpaired) electrons. The van der Waals surface area contributed by atoms with Gasteiger partial charge in [-0.05, 0) is 58.4 Å². The fourth-order valence-electron chi connectivity index (χ4n) is 2.79. The van der Waals surface area contributed by atoms with E-state index < -0.39 is 29.8 Å². The highest BCUT2D eigenvalue weighted by atomic mass is 16.6. The fourth-order valence-corrected chi connectivity index (χ4v) is 2.79. The highest BCUT2D eigenvalue weighted by molar-refractivity contribution is 5.95. The van der Waals surface area contributed by atoms with Crippen molar-refractivity contribution in [3.05, 3.63) is 96.1 Å². The Morgan fingerprint density at radius 2 is 0.690 bits per heavy atom. The summed E-state index contributed by atoms with van der Waals surface area (Å²) in [7, 11) is 0. The normalized spacial score (nSPS) is 10.5. The Morgan fingerprint density at radius 1 is 0.452 bits per heavy atom. The van der Waals surface area contributed by atoms with Crippen molar-refractivity contribution in [3.63, 3.8) is 0 Å². The first-order valence-corrected chi connectivity index (χ1v) is 12.3. The van der Waals surface area contributed by atoms with E-state index >= 15 is 0 Å². The van der Waals surface area contributed by atoms with E-state index in [4.69, 9.17) is 23.7 Å². The quantitative estimate of drug-likeness (QED) is 0.189. The van der Waals surface area contributed by atoms with Crippen molar-refractivity contribution in [1.82, 2.24) is 0 Å². The minimum absolute atomic E-state index is 0.0263. The topological polar surface area (TPSA) is 132 Å². The molecule has 0 aliphatic heterocycles. The van der Waals surface area contributed by atoms with Crippen molar-refractivity contribution in [1.29, 1.82) is 0 Å². The molecule has 0 saturated heterocycles. The number of ether oxygens (including phenoxy) is 5. The molecule has 0 aliphatic carbocycles. The lowest BCUT2D eigenvalue weighted by molar-refractivity contribution is -0.131. The van der Waals surface area contributed by atoms with Crippen LogP contribution < -0.4 is 23.7 Å². The Kier molecular flexibility index (Phi) is 11.1. The summed E-state index contributed by atoms with van der Waals surface area (Å²) in [6.07, 6.45) is 1.39. The summed E-state index contributed by atoms with van der Waals surface area (Å²) in [5.74, 6) is -3.95. The number of hydrogen-bond donors (Lipinski definition) is 0. The van der Waals surface area contributed by atoms with E-state index in [1.54, 1.807) is 0 Å².